The van der Waals surface area contributed by atoms with Crippen LogP contribution in [0.15, 0.2) is 53.9 Å². The Kier molecular flexibility index (Phi) is 5.62. The summed E-state index contributed by atoms with van der Waals surface area (Å²) in [5.41, 5.74) is 5.15. The molecule has 29 heavy (non-hydrogen) atoms. The molecule has 5 nitrogen and oxygen atoms in total. The van der Waals surface area contributed by atoms with Crippen LogP contribution in [0.5, 0.6) is 5.75 Å². The number of ether oxygens (including phenoxy) is 1. The van der Waals surface area contributed by atoms with Crippen LogP contribution >= 0.6 is 11.3 Å². The predicted molar refractivity (Wildman–Crippen MR) is 116 cm³/mol. The first-order chi connectivity index (χ1) is 14.1. The van der Waals surface area contributed by atoms with E-state index in [1.165, 1.54) is 35.8 Å². The maximum absolute atomic E-state index is 12.5. The monoisotopic (exact) mass is 406 g/mol. The van der Waals surface area contributed by atoms with Crippen molar-refractivity contribution < 1.29 is 14.3 Å². The summed E-state index contributed by atoms with van der Waals surface area (Å²) in [6.45, 7) is 1.89. The van der Waals surface area contributed by atoms with Crippen LogP contribution in [0.1, 0.15) is 39.7 Å². The molecule has 1 aliphatic rings. The molecule has 0 bridgehead atoms. The van der Waals surface area contributed by atoms with Crippen molar-refractivity contribution in [1.82, 2.24) is 0 Å². The third-order valence-electron chi connectivity index (χ3n) is 4.82. The van der Waals surface area contributed by atoms with E-state index in [1.807, 2.05) is 17.5 Å². The molecule has 2 N–H and O–H groups in total. The van der Waals surface area contributed by atoms with Crippen molar-refractivity contribution in [3.05, 3.63) is 75.5 Å². The first-order valence-electron chi connectivity index (χ1n) is 9.58. The quantitative estimate of drug-likeness (QED) is 0.604. The minimum atomic E-state index is -0.161. The van der Waals surface area contributed by atoms with E-state index < -0.39 is 0 Å². The Morgan fingerprint density at radius 3 is 2.45 bits per heavy atom. The van der Waals surface area contributed by atoms with E-state index in [4.69, 9.17) is 4.74 Å². The van der Waals surface area contributed by atoms with Gasteiger partial charge in [0.05, 0.1) is 4.88 Å². The molecule has 0 fully saturated rings. The second kappa shape index (κ2) is 8.49. The molecule has 2 amide bonds. The number of hydrogen-bond donors (Lipinski definition) is 2. The van der Waals surface area contributed by atoms with Gasteiger partial charge in [0.1, 0.15) is 12.4 Å². The van der Waals surface area contributed by atoms with Gasteiger partial charge in [-0.3, -0.25) is 9.59 Å². The van der Waals surface area contributed by atoms with E-state index in [9.17, 15) is 9.59 Å². The van der Waals surface area contributed by atoms with E-state index >= 15 is 0 Å². The van der Waals surface area contributed by atoms with Crippen LogP contribution in [-0.4, -0.2) is 11.8 Å². The van der Waals surface area contributed by atoms with Crippen molar-refractivity contribution >= 4 is 34.5 Å². The van der Waals surface area contributed by atoms with Gasteiger partial charge in [0.2, 0.25) is 5.91 Å². The SMILES string of the molecule is CC(=O)Nc1ccc(NC(=O)c2cc(COc3ccc4c(c3)CCC4)cs2)cc1. The van der Waals surface area contributed by atoms with Gasteiger partial charge in [-0.15, -0.1) is 11.3 Å². The van der Waals surface area contributed by atoms with Crippen molar-refractivity contribution in [3.63, 3.8) is 0 Å². The van der Waals surface area contributed by atoms with Gasteiger partial charge in [-0.2, -0.15) is 0 Å². The van der Waals surface area contributed by atoms with Crippen LogP contribution in [0.2, 0.25) is 0 Å². The van der Waals surface area contributed by atoms with Crippen molar-refractivity contribution in [2.45, 2.75) is 32.8 Å². The first kappa shape index (κ1) is 19.2. The summed E-state index contributed by atoms with van der Waals surface area (Å²) in [5.74, 6) is 0.586. The number of rotatable bonds is 6. The molecule has 0 saturated heterocycles. The Morgan fingerprint density at radius 2 is 1.69 bits per heavy atom. The molecule has 0 unspecified atom stereocenters. The van der Waals surface area contributed by atoms with Crippen LogP contribution in [0.4, 0.5) is 11.4 Å². The second-order valence-electron chi connectivity index (χ2n) is 7.10. The highest BCUT2D eigenvalue weighted by atomic mass is 32.1. The summed E-state index contributed by atoms with van der Waals surface area (Å²) in [6.07, 6.45) is 3.51. The Morgan fingerprint density at radius 1 is 0.966 bits per heavy atom. The summed E-state index contributed by atoms with van der Waals surface area (Å²) in [6, 6.07) is 15.2. The number of aryl methyl sites for hydroxylation is 2. The lowest BCUT2D eigenvalue weighted by Crippen LogP contribution is -2.10. The predicted octanol–water partition coefficient (Wildman–Crippen LogP) is 5.03. The Bertz CT molecular complexity index is 1040. The van der Waals surface area contributed by atoms with Crippen molar-refractivity contribution in [2.75, 3.05) is 10.6 Å². The molecule has 4 rings (SSSR count). The lowest BCUT2D eigenvalue weighted by atomic mass is 10.1. The number of nitrogens with one attached hydrogen (secondary N) is 2. The fraction of sp³-hybridized carbons (Fsp3) is 0.217. The van der Waals surface area contributed by atoms with Gasteiger partial charge in [-0.25, -0.2) is 0 Å². The van der Waals surface area contributed by atoms with E-state index in [-0.39, 0.29) is 11.8 Å². The van der Waals surface area contributed by atoms with Crippen LogP contribution in [0, 0.1) is 0 Å². The molecule has 1 aliphatic carbocycles. The van der Waals surface area contributed by atoms with Crippen LogP contribution < -0.4 is 15.4 Å². The summed E-state index contributed by atoms with van der Waals surface area (Å²) in [5, 5.41) is 7.52. The number of carbonyl (C=O) groups is 2. The average Bonchev–Trinajstić information content (AvgIpc) is 3.36. The third kappa shape index (κ3) is 4.84. The lowest BCUT2D eigenvalue weighted by Gasteiger charge is -2.07. The number of fused-ring (bicyclic) bond motifs is 1. The van der Waals surface area contributed by atoms with Crippen LogP contribution in [0.25, 0.3) is 0 Å². The standard InChI is InChI=1S/C23H22N2O3S/c1-15(26)24-19-6-8-20(9-7-19)25-23(27)22-11-16(14-29-22)13-28-21-10-5-17-3-2-4-18(17)12-21/h5-12,14H,2-4,13H2,1H3,(H,24,26)(H,25,27). The van der Waals surface area contributed by atoms with E-state index in [1.54, 1.807) is 24.3 Å². The van der Waals surface area contributed by atoms with Gasteiger partial charge in [0, 0.05) is 23.9 Å². The van der Waals surface area contributed by atoms with Crippen molar-refractivity contribution in [3.8, 4) is 5.75 Å². The maximum atomic E-state index is 12.5. The zero-order valence-electron chi connectivity index (χ0n) is 16.2. The largest absolute Gasteiger partial charge is 0.489 e. The zero-order chi connectivity index (χ0) is 20.2. The van der Waals surface area contributed by atoms with Gasteiger partial charge in [0.15, 0.2) is 0 Å². The summed E-state index contributed by atoms with van der Waals surface area (Å²) >= 11 is 1.39. The number of carbonyl (C=O) groups excluding carboxylic acids is 2. The van der Waals surface area contributed by atoms with E-state index in [0.29, 0.717) is 22.9 Å². The van der Waals surface area contributed by atoms with Gasteiger partial charge < -0.3 is 15.4 Å². The van der Waals surface area contributed by atoms with Gasteiger partial charge in [-0.05, 0) is 78.2 Å². The Hall–Kier alpha value is -3.12. The lowest BCUT2D eigenvalue weighted by molar-refractivity contribution is -0.114. The normalized spacial score (nSPS) is 12.3. The molecule has 148 valence electrons. The topological polar surface area (TPSA) is 67.4 Å². The fourth-order valence-electron chi connectivity index (χ4n) is 3.41. The molecular formula is C23H22N2O3S. The molecule has 0 aliphatic heterocycles. The first-order valence-corrected chi connectivity index (χ1v) is 10.5. The van der Waals surface area contributed by atoms with Gasteiger partial charge in [0.25, 0.3) is 5.91 Å². The molecule has 1 aromatic heterocycles. The maximum Gasteiger partial charge on any atom is 0.265 e. The Labute approximate surface area is 173 Å². The molecule has 0 atom stereocenters. The summed E-state index contributed by atoms with van der Waals surface area (Å²) in [7, 11) is 0. The number of amides is 2. The summed E-state index contributed by atoms with van der Waals surface area (Å²) in [4.78, 5) is 24.2. The summed E-state index contributed by atoms with van der Waals surface area (Å²) < 4.78 is 5.91. The van der Waals surface area contributed by atoms with Crippen LogP contribution in [-0.2, 0) is 24.2 Å². The average molecular weight is 407 g/mol. The number of benzene rings is 2. The molecule has 0 saturated carbocycles. The minimum absolute atomic E-state index is 0.130. The van der Waals surface area contributed by atoms with Crippen molar-refractivity contribution in [2.24, 2.45) is 0 Å². The zero-order valence-corrected chi connectivity index (χ0v) is 17.0. The van der Waals surface area contributed by atoms with Crippen molar-refractivity contribution in [1.29, 1.82) is 0 Å². The number of thiophene rings is 1. The smallest absolute Gasteiger partial charge is 0.265 e. The minimum Gasteiger partial charge on any atom is -0.489 e. The molecule has 0 radical (unpaired) electrons. The molecule has 1 heterocycles. The third-order valence-corrected chi connectivity index (χ3v) is 5.79. The highest BCUT2D eigenvalue weighted by Gasteiger charge is 2.13. The molecule has 3 aromatic rings. The molecule has 6 heteroatoms. The fourth-order valence-corrected chi connectivity index (χ4v) is 4.20. The van der Waals surface area contributed by atoms with Gasteiger partial charge in [-0.1, -0.05) is 6.07 Å². The van der Waals surface area contributed by atoms with Crippen LogP contribution in [0.3, 0.4) is 0 Å². The molecular weight excluding hydrogens is 384 g/mol. The number of anilines is 2. The highest BCUT2D eigenvalue weighted by molar-refractivity contribution is 7.12. The van der Waals surface area contributed by atoms with Gasteiger partial charge >= 0.3 is 0 Å². The molecule has 0 spiro atoms. The number of hydrogen-bond acceptors (Lipinski definition) is 4. The second-order valence-corrected chi connectivity index (χ2v) is 8.02. The van der Waals surface area contributed by atoms with E-state index in [2.05, 4.69) is 22.8 Å². The Balaban J connectivity index is 1.33. The molecule has 2 aromatic carbocycles. The highest BCUT2D eigenvalue weighted by Crippen LogP contribution is 2.27. The van der Waals surface area contributed by atoms with E-state index in [0.717, 1.165) is 24.2 Å².